The molecule has 84 valence electrons. The van der Waals surface area contributed by atoms with Gasteiger partial charge in [-0.2, -0.15) is 0 Å². The Balaban J connectivity index is 2.08. The van der Waals surface area contributed by atoms with Gasteiger partial charge in [-0.15, -0.1) is 11.3 Å². The molecule has 0 radical (unpaired) electrons. The van der Waals surface area contributed by atoms with Gasteiger partial charge in [-0.25, -0.2) is 4.98 Å². The van der Waals surface area contributed by atoms with Crippen molar-refractivity contribution in [2.45, 2.75) is 31.8 Å². The second-order valence-corrected chi connectivity index (χ2v) is 5.47. The van der Waals surface area contributed by atoms with Crippen LogP contribution in [0, 0.1) is 0 Å². The van der Waals surface area contributed by atoms with Gasteiger partial charge in [0.05, 0.1) is 16.0 Å². The summed E-state index contributed by atoms with van der Waals surface area (Å²) >= 11 is 1.66. The largest absolute Gasteiger partial charge is 0.388 e. The summed E-state index contributed by atoms with van der Waals surface area (Å²) in [6, 6.07) is 0. The average molecular weight is 226 g/mol. The highest BCUT2D eigenvalue weighted by Gasteiger charge is 2.22. The lowest BCUT2D eigenvalue weighted by Gasteiger charge is -2.28. The molecule has 0 aromatic carbocycles. The van der Waals surface area contributed by atoms with Gasteiger partial charge >= 0.3 is 0 Å². The Hall–Kier alpha value is -0.450. The van der Waals surface area contributed by atoms with Gasteiger partial charge in [0.25, 0.3) is 0 Å². The summed E-state index contributed by atoms with van der Waals surface area (Å²) in [7, 11) is 2.16. The fourth-order valence-electron chi connectivity index (χ4n) is 2.05. The van der Waals surface area contributed by atoms with Crippen LogP contribution in [-0.2, 0) is 0 Å². The topological polar surface area (TPSA) is 36.4 Å². The number of aromatic nitrogens is 1. The molecule has 3 nitrogen and oxygen atoms in total. The Morgan fingerprint density at radius 1 is 1.67 bits per heavy atom. The van der Waals surface area contributed by atoms with Crippen LogP contribution in [0.4, 0.5) is 0 Å². The summed E-state index contributed by atoms with van der Waals surface area (Å²) in [4.78, 5) is 7.77. The van der Waals surface area contributed by atoms with Crippen molar-refractivity contribution in [3.05, 3.63) is 16.1 Å². The zero-order valence-electron chi connectivity index (χ0n) is 9.31. The molecule has 1 N–H and O–H groups in total. The molecule has 1 fully saturated rings. The van der Waals surface area contributed by atoms with Crippen molar-refractivity contribution in [1.82, 2.24) is 9.88 Å². The highest BCUT2D eigenvalue weighted by Crippen LogP contribution is 2.31. The number of nitrogens with zero attached hydrogens (tertiary/aromatic N) is 2. The molecule has 0 spiro atoms. The molecular weight excluding hydrogens is 208 g/mol. The lowest BCUT2D eigenvalue weighted by Crippen LogP contribution is -2.30. The number of rotatable bonds is 2. The van der Waals surface area contributed by atoms with E-state index in [9.17, 15) is 5.11 Å². The monoisotopic (exact) mass is 226 g/mol. The van der Waals surface area contributed by atoms with Crippen molar-refractivity contribution in [2.75, 3.05) is 20.1 Å². The number of likely N-dealkylation sites (tertiary alicyclic amines) is 1. The minimum atomic E-state index is -0.377. The van der Waals surface area contributed by atoms with Gasteiger partial charge in [-0.05, 0) is 33.4 Å². The van der Waals surface area contributed by atoms with Gasteiger partial charge in [0.1, 0.15) is 0 Å². The zero-order chi connectivity index (χ0) is 10.8. The molecule has 15 heavy (non-hydrogen) atoms. The van der Waals surface area contributed by atoms with Gasteiger partial charge in [0.15, 0.2) is 0 Å². The third-order valence-corrected chi connectivity index (χ3v) is 4.26. The maximum absolute atomic E-state index is 9.45. The first-order chi connectivity index (χ1) is 7.16. The van der Waals surface area contributed by atoms with Gasteiger partial charge in [-0.3, -0.25) is 0 Å². The van der Waals surface area contributed by atoms with Gasteiger partial charge < -0.3 is 10.0 Å². The van der Waals surface area contributed by atoms with E-state index in [-0.39, 0.29) is 6.10 Å². The van der Waals surface area contributed by atoms with Crippen molar-refractivity contribution in [3.8, 4) is 0 Å². The summed E-state index contributed by atoms with van der Waals surface area (Å²) in [5, 5.41) is 10.6. The van der Waals surface area contributed by atoms with E-state index in [1.807, 2.05) is 6.20 Å². The molecule has 0 aliphatic carbocycles. The van der Waals surface area contributed by atoms with Gasteiger partial charge in [0, 0.05) is 18.7 Å². The van der Waals surface area contributed by atoms with Crippen LogP contribution in [0.1, 0.15) is 41.7 Å². The number of hydrogen-bond acceptors (Lipinski definition) is 4. The summed E-state index contributed by atoms with van der Waals surface area (Å²) < 4.78 is 0. The number of aliphatic hydroxyl groups excluding tert-OH is 1. The van der Waals surface area contributed by atoms with Crippen LogP contribution >= 0.6 is 11.3 Å². The molecule has 0 saturated carbocycles. The molecule has 1 aliphatic rings. The molecule has 2 unspecified atom stereocenters. The van der Waals surface area contributed by atoms with Crippen LogP contribution in [0.5, 0.6) is 0 Å². The maximum Gasteiger partial charge on any atom is 0.0972 e. The Kier molecular flexibility index (Phi) is 3.38. The SMILES string of the molecule is CC(O)c1cnc(C2CCCN(C)C2)s1. The molecule has 1 aromatic rings. The lowest BCUT2D eigenvalue weighted by atomic mass is 9.99. The van der Waals surface area contributed by atoms with Gasteiger partial charge in [0.2, 0.25) is 0 Å². The number of aliphatic hydroxyl groups is 1. The first-order valence-corrected chi connectivity index (χ1v) is 6.30. The minimum Gasteiger partial charge on any atom is -0.388 e. The Morgan fingerprint density at radius 2 is 2.47 bits per heavy atom. The zero-order valence-corrected chi connectivity index (χ0v) is 10.1. The van der Waals surface area contributed by atoms with Crippen LogP contribution < -0.4 is 0 Å². The third-order valence-electron chi connectivity index (χ3n) is 2.93. The second-order valence-electron chi connectivity index (χ2n) is 4.38. The van der Waals surface area contributed by atoms with Crippen LogP contribution in [0.25, 0.3) is 0 Å². The van der Waals surface area contributed by atoms with E-state index in [1.165, 1.54) is 24.4 Å². The lowest BCUT2D eigenvalue weighted by molar-refractivity contribution is 0.203. The standard InChI is InChI=1S/C11H18N2OS/c1-8(14)10-6-12-11(15-10)9-4-3-5-13(2)7-9/h6,8-9,14H,3-5,7H2,1-2H3. The Morgan fingerprint density at radius 3 is 3.07 bits per heavy atom. The maximum atomic E-state index is 9.45. The molecule has 4 heteroatoms. The van der Waals surface area contributed by atoms with E-state index in [1.54, 1.807) is 18.3 Å². The van der Waals surface area contributed by atoms with Crippen molar-refractivity contribution in [2.24, 2.45) is 0 Å². The third kappa shape index (κ3) is 2.56. The first-order valence-electron chi connectivity index (χ1n) is 5.49. The van der Waals surface area contributed by atoms with Crippen molar-refractivity contribution in [1.29, 1.82) is 0 Å². The number of likely N-dealkylation sites (N-methyl/N-ethyl adjacent to an activating group) is 1. The highest BCUT2D eigenvalue weighted by atomic mass is 32.1. The molecule has 0 bridgehead atoms. The molecule has 0 amide bonds. The number of hydrogen-bond donors (Lipinski definition) is 1. The van der Waals surface area contributed by atoms with E-state index in [0.717, 1.165) is 11.4 Å². The molecule has 2 heterocycles. The van der Waals surface area contributed by atoms with Crippen LogP contribution in [0.3, 0.4) is 0 Å². The highest BCUT2D eigenvalue weighted by molar-refractivity contribution is 7.11. The summed E-state index contributed by atoms with van der Waals surface area (Å²) in [5.74, 6) is 0.571. The molecule has 2 atom stereocenters. The van der Waals surface area contributed by atoms with Crippen molar-refractivity contribution in [3.63, 3.8) is 0 Å². The fourth-order valence-corrected chi connectivity index (χ4v) is 3.03. The fraction of sp³-hybridized carbons (Fsp3) is 0.727. The molecule has 2 rings (SSSR count). The summed E-state index contributed by atoms with van der Waals surface area (Å²) in [6.07, 6.45) is 3.93. The van der Waals surface area contributed by atoms with Gasteiger partial charge in [-0.1, -0.05) is 0 Å². The predicted octanol–water partition coefficient (Wildman–Crippen LogP) is 2.01. The quantitative estimate of drug-likeness (QED) is 0.838. The van der Waals surface area contributed by atoms with Crippen molar-refractivity contribution < 1.29 is 5.11 Å². The van der Waals surface area contributed by atoms with E-state index < -0.39 is 0 Å². The Bertz CT molecular complexity index is 324. The van der Waals surface area contributed by atoms with E-state index >= 15 is 0 Å². The summed E-state index contributed by atoms with van der Waals surface area (Å²) in [5.41, 5.74) is 0. The minimum absolute atomic E-state index is 0.377. The predicted molar refractivity (Wildman–Crippen MR) is 62.2 cm³/mol. The summed E-state index contributed by atoms with van der Waals surface area (Å²) in [6.45, 7) is 4.10. The van der Waals surface area contributed by atoms with Crippen LogP contribution in [-0.4, -0.2) is 35.1 Å². The second kappa shape index (κ2) is 4.60. The van der Waals surface area contributed by atoms with E-state index in [2.05, 4.69) is 16.9 Å². The number of thiazole rings is 1. The van der Waals surface area contributed by atoms with Crippen molar-refractivity contribution >= 4 is 11.3 Å². The first kappa shape index (κ1) is 11.0. The average Bonchev–Trinajstić information content (AvgIpc) is 2.66. The Labute approximate surface area is 94.8 Å². The molecule has 1 aliphatic heterocycles. The normalized spacial score (nSPS) is 25.4. The molecule has 1 aromatic heterocycles. The van der Waals surface area contributed by atoms with Crippen LogP contribution in [0.15, 0.2) is 6.20 Å². The molecule has 1 saturated heterocycles. The number of piperidine rings is 1. The molecular formula is C11H18N2OS. The smallest absolute Gasteiger partial charge is 0.0972 e. The van der Waals surface area contributed by atoms with Crippen LogP contribution in [0.2, 0.25) is 0 Å². The van der Waals surface area contributed by atoms with E-state index in [4.69, 9.17) is 0 Å². The van der Waals surface area contributed by atoms with E-state index in [0.29, 0.717) is 5.92 Å².